The lowest BCUT2D eigenvalue weighted by molar-refractivity contribution is -0.117. The molecule has 0 radical (unpaired) electrons. The molecule has 0 unspecified atom stereocenters. The summed E-state index contributed by atoms with van der Waals surface area (Å²) in [5.74, 6) is -0.456. The van der Waals surface area contributed by atoms with E-state index in [2.05, 4.69) is 34.7 Å². The Labute approximate surface area is 198 Å². The van der Waals surface area contributed by atoms with Gasteiger partial charge < -0.3 is 5.32 Å². The number of aryl methyl sites for hydroxylation is 1. The van der Waals surface area contributed by atoms with Crippen LogP contribution < -0.4 is 10.0 Å². The first-order valence-corrected chi connectivity index (χ1v) is 12.7. The molecular formula is C22H19BrN4O3S2. The molecule has 4 aromatic rings. The molecule has 0 fully saturated rings. The number of nitrogens with zero attached hydrogens (tertiary/aromatic N) is 2. The summed E-state index contributed by atoms with van der Waals surface area (Å²) in [5, 5.41) is 2.82. The van der Waals surface area contributed by atoms with Crippen LogP contribution >= 0.6 is 27.7 Å². The number of halogens is 1. The van der Waals surface area contributed by atoms with Crippen molar-refractivity contribution in [3.8, 4) is 0 Å². The molecule has 0 bridgehead atoms. The van der Waals surface area contributed by atoms with E-state index in [9.17, 15) is 13.2 Å². The third-order valence-corrected chi connectivity index (χ3v) is 7.80. The molecule has 7 nitrogen and oxygen atoms in total. The molecule has 4 rings (SSSR count). The predicted octanol–water partition coefficient (Wildman–Crippen LogP) is 4.29. The van der Waals surface area contributed by atoms with E-state index in [1.807, 2.05) is 49.4 Å². The van der Waals surface area contributed by atoms with Crippen molar-refractivity contribution in [3.63, 3.8) is 0 Å². The maximum Gasteiger partial charge on any atom is 0.243 e. The minimum atomic E-state index is -4.04. The van der Waals surface area contributed by atoms with Gasteiger partial charge >= 0.3 is 0 Å². The van der Waals surface area contributed by atoms with Crippen LogP contribution in [0.15, 0.2) is 76.1 Å². The lowest BCUT2D eigenvalue weighted by Gasteiger charge is -2.19. The Morgan fingerprint density at radius 1 is 1.06 bits per heavy atom. The van der Waals surface area contributed by atoms with E-state index in [1.54, 1.807) is 18.2 Å². The predicted molar refractivity (Wildman–Crippen MR) is 129 cm³/mol. The summed E-state index contributed by atoms with van der Waals surface area (Å²) in [6, 6.07) is 18.4. The maximum atomic E-state index is 13.2. The Kier molecular flexibility index (Phi) is 6.66. The molecule has 10 heteroatoms. The lowest BCUT2D eigenvalue weighted by Crippen LogP contribution is -2.45. The number of hydrogen-bond acceptors (Lipinski definition) is 6. The van der Waals surface area contributed by atoms with Crippen LogP contribution in [0.1, 0.15) is 11.1 Å². The van der Waals surface area contributed by atoms with E-state index in [4.69, 9.17) is 0 Å². The first-order chi connectivity index (χ1) is 15.3. The highest BCUT2D eigenvalue weighted by atomic mass is 79.9. The van der Waals surface area contributed by atoms with E-state index < -0.39 is 22.0 Å². The first-order valence-electron chi connectivity index (χ1n) is 9.68. The average molecular weight is 531 g/mol. The normalized spacial score (nSPS) is 12.6. The number of carbonyl (C=O) groups excluding carboxylic acids is 1. The molecule has 32 heavy (non-hydrogen) atoms. The number of carbonyl (C=O) groups is 1. The van der Waals surface area contributed by atoms with Gasteiger partial charge in [-0.1, -0.05) is 52.3 Å². The zero-order chi connectivity index (χ0) is 22.7. The molecule has 1 heterocycles. The van der Waals surface area contributed by atoms with Gasteiger partial charge in [0.15, 0.2) is 0 Å². The van der Waals surface area contributed by atoms with Crippen LogP contribution in [-0.4, -0.2) is 29.1 Å². The van der Waals surface area contributed by atoms with Crippen LogP contribution in [0.25, 0.3) is 11.0 Å². The SMILES string of the molecule is Cc1cc(NC(=O)[C@@H](Cc2ccccc2)NS(=O)(=O)c2cccc3nsnc23)ccc1Br. The van der Waals surface area contributed by atoms with Crippen molar-refractivity contribution in [2.45, 2.75) is 24.3 Å². The molecular weight excluding hydrogens is 512 g/mol. The minimum absolute atomic E-state index is 0.00546. The van der Waals surface area contributed by atoms with Crippen molar-refractivity contribution in [1.29, 1.82) is 0 Å². The third-order valence-electron chi connectivity index (χ3n) is 4.86. The zero-order valence-corrected chi connectivity index (χ0v) is 20.2. The summed E-state index contributed by atoms with van der Waals surface area (Å²) in [6.07, 6.45) is 0.187. The molecule has 0 saturated heterocycles. The zero-order valence-electron chi connectivity index (χ0n) is 16.9. The van der Waals surface area contributed by atoms with Gasteiger partial charge in [0.1, 0.15) is 22.0 Å². The smallest absolute Gasteiger partial charge is 0.243 e. The van der Waals surface area contributed by atoms with Crippen LogP contribution in [0.4, 0.5) is 5.69 Å². The molecule has 1 amide bonds. The summed E-state index contributed by atoms with van der Waals surface area (Å²) < 4.78 is 38.2. The van der Waals surface area contributed by atoms with Gasteiger partial charge in [0.05, 0.1) is 11.7 Å². The quantitative estimate of drug-likeness (QED) is 0.371. The first kappa shape index (κ1) is 22.5. The average Bonchev–Trinajstić information content (AvgIpc) is 3.25. The Bertz CT molecular complexity index is 1370. The molecule has 3 aromatic carbocycles. The number of sulfonamides is 1. The third kappa shape index (κ3) is 5.04. The summed E-state index contributed by atoms with van der Waals surface area (Å²) in [4.78, 5) is 13.2. The lowest BCUT2D eigenvalue weighted by atomic mass is 10.1. The molecule has 0 saturated carbocycles. The van der Waals surface area contributed by atoms with Crippen molar-refractivity contribution in [1.82, 2.24) is 13.5 Å². The molecule has 2 N–H and O–H groups in total. The van der Waals surface area contributed by atoms with Gasteiger partial charge in [-0.3, -0.25) is 4.79 Å². The molecule has 0 aliphatic heterocycles. The van der Waals surface area contributed by atoms with E-state index in [0.717, 1.165) is 27.3 Å². The number of benzene rings is 3. The second-order valence-corrected chi connectivity index (χ2v) is 10.3. The Morgan fingerprint density at radius 3 is 2.59 bits per heavy atom. The Morgan fingerprint density at radius 2 is 1.84 bits per heavy atom. The summed E-state index contributed by atoms with van der Waals surface area (Å²) in [5.41, 5.74) is 3.14. The number of aromatic nitrogens is 2. The highest BCUT2D eigenvalue weighted by Crippen LogP contribution is 2.23. The number of hydrogen-bond donors (Lipinski definition) is 2. The Balaban J connectivity index is 1.65. The van der Waals surface area contributed by atoms with E-state index in [-0.39, 0.29) is 16.8 Å². The fourth-order valence-electron chi connectivity index (χ4n) is 3.24. The van der Waals surface area contributed by atoms with Crippen molar-refractivity contribution in [2.24, 2.45) is 0 Å². The summed E-state index contributed by atoms with van der Waals surface area (Å²) in [6.45, 7) is 1.91. The topological polar surface area (TPSA) is 101 Å². The number of fused-ring (bicyclic) bond motifs is 1. The molecule has 0 spiro atoms. The minimum Gasteiger partial charge on any atom is -0.325 e. The largest absolute Gasteiger partial charge is 0.325 e. The van der Waals surface area contributed by atoms with Crippen molar-refractivity contribution >= 4 is 60.3 Å². The van der Waals surface area contributed by atoms with Gasteiger partial charge in [0.25, 0.3) is 0 Å². The highest BCUT2D eigenvalue weighted by molar-refractivity contribution is 9.10. The van der Waals surface area contributed by atoms with Gasteiger partial charge in [-0.25, -0.2) is 8.42 Å². The molecule has 1 aromatic heterocycles. The monoisotopic (exact) mass is 530 g/mol. The molecule has 0 aliphatic rings. The van der Waals surface area contributed by atoms with Crippen molar-refractivity contribution in [2.75, 3.05) is 5.32 Å². The fraction of sp³-hybridized carbons (Fsp3) is 0.136. The standard InChI is InChI=1S/C22H19BrN4O3S2/c1-14-12-16(10-11-17(14)23)24-22(28)19(13-15-6-3-2-4-7-15)27-32(29,30)20-9-5-8-18-21(20)26-31-25-18/h2-12,19,27H,13H2,1H3,(H,24,28)/t19-/m1/s1. The van der Waals surface area contributed by atoms with E-state index in [1.165, 1.54) is 6.07 Å². The number of amides is 1. The van der Waals surface area contributed by atoms with Crippen LogP contribution in [0.3, 0.4) is 0 Å². The molecule has 164 valence electrons. The fourth-order valence-corrected chi connectivity index (χ4v) is 5.45. The van der Waals surface area contributed by atoms with Gasteiger partial charge in [-0.2, -0.15) is 13.5 Å². The maximum absolute atomic E-state index is 13.2. The van der Waals surface area contributed by atoms with Crippen LogP contribution in [-0.2, 0) is 21.2 Å². The van der Waals surface area contributed by atoms with Gasteiger partial charge in [-0.15, -0.1) is 0 Å². The van der Waals surface area contributed by atoms with Crippen LogP contribution in [0, 0.1) is 6.92 Å². The summed E-state index contributed by atoms with van der Waals surface area (Å²) in [7, 11) is -4.04. The van der Waals surface area contributed by atoms with Crippen LogP contribution in [0.2, 0.25) is 0 Å². The number of rotatable bonds is 7. The number of anilines is 1. The summed E-state index contributed by atoms with van der Waals surface area (Å²) >= 11 is 4.38. The Hall–Kier alpha value is -2.66. The highest BCUT2D eigenvalue weighted by Gasteiger charge is 2.28. The van der Waals surface area contributed by atoms with Gasteiger partial charge in [0, 0.05) is 10.2 Å². The van der Waals surface area contributed by atoms with Gasteiger partial charge in [0.2, 0.25) is 15.9 Å². The van der Waals surface area contributed by atoms with E-state index >= 15 is 0 Å². The number of nitrogens with one attached hydrogen (secondary N) is 2. The second kappa shape index (κ2) is 9.45. The second-order valence-electron chi connectivity index (χ2n) is 7.20. The van der Waals surface area contributed by atoms with Crippen molar-refractivity contribution in [3.05, 3.63) is 82.3 Å². The van der Waals surface area contributed by atoms with Gasteiger partial charge in [-0.05, 0) is 54.8 Å². The van der Waals surface area contributed by atoms with E-state index in [0.29, 0.717) is 11.2 Å². The molecule has 0 aliphatic carbocycles. The van der Waals surface area contributed by atoms with Crippen LogP contribution in [0.5, 0.6) is 0 Å². The van der Waals surface area contributed by atoms with Crippen molar-refractivity contribution < 1.29 is 13.2 Å². The molecule has 1 atom stereocenters.